The van der Waals surface area contributed by atoms with Gasteiger partial charge in [-0.15, -0.1) is 0 Å². The van der Waals surface area contributed by atoms with Crippen molar-refractivity contribution in [1.29, 1.82) is 0 Å². The molecule has 0 aliphatic rings. The molecule has 3 amide bonds. The summed E-state index contributed by atoms with van der Waals surface area (Å²) in [6, 6.07) is 22.0. The SMILES string of the molecule is COc1cc2nccc(Cc3ccc(NC(=O)NC(=O)Cc4ccccc4)cc3)c2cc1OC. The number of ether oxygens (including phenoxy) is 2. The van der Waals surface area contributed by atoms with Gasteiger partial charge in [-0.25, -0.2) is 4.79 Å². The molecule has 4 aromatic rings. The Labute approximate surface area is 197 Å². The lowest BCUT2D eigenvalue weighted by molar-refractivity contribution is -0.119. The summed E-state index contributed by atoms with van der Waals surface area (Å²) in [5, 5.41) is 6.03. The fraction of sp³-hybridized carbons (Fsp3) is 0.148. The minimum absolute atomic E-state index is 0.143. The van der Waals surface area contributed by atoms with Gasteiger partial charge in [0.1, 0.15) is 0 Å². The monoisotopic (exact) mass is 455 g/mol. The summed E-state index contributed by atoms with van der Waals surface area (Å²) >= 11 is 0. The maximum Gasteiger partial charge on any atom is 0.325 e. The van der Waals surface area contributed by atoms with Gasteiger partial charge in [0, 0.05) is 23.3 Å². The first-order valence-electron chi connectivity index (χ1n) is 10.8. The second-order valence-electron chi connectivity index (χ2n) is 7.73. The van der Waals surface area contributed by atoms with Crippen molar-refractivity contribution < 1.29 is 19.1 Å². The number of carbonyl (C=O) groups is 2. The number of urea groups is 1. The lowest BCUT2D eigenvalue weighted by Crippen LogP contribution is -2.35. The number of rotatable bonds is 7. The Bertz CT molecular complexity index is 1310. The number of benzene rings is 3. The third kappa shape index (κ3) is 5.50. The summed E-state index contributed by atoms with van der Waals surface area (Å²) in [6.07, 6.45) is 2.59. The van der Waals surface area contributed by atoms with E-state index in [0.717, 1.165) is 27.6 Å². The molecule has 3 aromatic carbocycles. The molecule has 0 saturated carbocycles. The van der Waals surface area contributed by atoms with Gasteiger partial charge in [0.2, 0.25) is 5.91 Å². The Hall–Kier alpha value is -4.39. The van der Waals surface area contributed by atoms with Crippen molar-refractivity contribution in [2.45, 2.75) is 12.8 Å². The number of carbonyl (C=O) groups excluding carboxylic acids is 2. The number of fused-ring (bicyclic) bond motifs is 1. The quantitative estimate of drug-likeness (QED) is 0.420. The molecule has 7 heteroatoms. The summed E-state index contributed by atoms with van der Waals surface area (Å²) in [5.41, 5.74) is 4.42. The van der Waals surface area contributed by atoms with Gasteiger partial charge in [-0.3, -0.25) is 15.1 Å². The van der Waals surface area contributed by atoms with E-state index < -0.39 is 6.03 Å². The fourth-order valence-corrected chi connectivity index (χ4v) is 3.72. The normalized spacial score (nSPS) is 10.5. The number of imide groups is 1. The minimum atomic E-state index is -0.560. The number of nitrogens with zero attached hydrogens (tertiary/aromatic N) is 1. The van der Waals surface area contributed by atoms with E-state index in [9.17, 15) is 9.59 Å². The van der Waals surface area contributed by atoms with E-state index in [1.807, 2.05) is 72.8 Å². The van der Waals surface area contributed by atoms with Crippen LogP contribution in [0.25, 0.3) is 10.9 Å². The van der Waals surface area contributed by atoms with Gasteiger partial charge in [0.25, 0.3) is 0 Å². The van der Waals surface area contributed by atoms with Crippen LogP contribution in [0.3, 0.4) is 0 Å². The molecule has 0 unspecified atom stereocenters. The van der Waals surface area contributed by atoms with E-state index in [1.54, 1.807) is 20.4 Å². The molecule has 2 N–H and O–H groups in total. The summed E-state index contributed by atoms with van der Waals surface area (Å²) in [5.74, 6) is 0.921. The zero-order chi connectivity index (χ0) is 23.9. The van der Waals surface area contributed by atoms with Gasteiger partial charge < -0.3 is 14.8 Å². The third-order valence-electron chi connectivity index (χ3n) is 5.40. The number of amides is 3. The number of nitrogens with one attached hydrogen (secondary N) is 2. The molecule has 7 nitrogen and oxygen atoms in total. The lowest BCUT2D eigenvalue weighted by atomic mass is 10.0. The third-order valence-corrected chi connectivity index (χ3v) is 5.40. The van der Waals surface area contributed by atoms with Crippen LogP contribution in [0.15, 0.2) is 79.0 Å². The first kappa shape index (κ1) is 22.8. The van der Waals surface area contributed by atoms with Crippen LogP contribution in [0.1, 0.15) is 16.7 Å². The molecule has 0 aliphatic heterocycles. The van der Waals surface area contributed by atoms with Gasteiger partial charge in [-0.2, -0.15) is 0 Å². The van der Waals surface area contributed by atoms with Gasteiger partial charge in [-0.05, 0) is 47.4 Å². The smallest absolute Gasteiger partial charge is 0.325 e. The standard InChI is InChI=1S/C27H25N3O4/c1-33-24-16-22-20(12-13-28-23(22)17-25(24)34-2)14-19-8-10-21(11-9-19)29-27(32)30-26(31)15-18-6-4-3-5-7-18/h3-13,16-17H,14-15H2,1-2H3,(H2,29,30,31,32). The van der Waals surface area contributed by atoms with Crippen LogP contribution in [0.5, 0.6) is 11.5 Å². The summed E-state index contributed by atoms with van der Waals surface area (Å²) < 4.78 is 10.8. The molecule has 0 spiro atoms. The average molecular weight is 456 g/mol. The van der Waals surface area contributed by atoms with E-state index in [4.69, 9.17) is 9.47 Å². The maximum atomic E-state index is 12.2. The molecular formula is C27H25N3O4. The number of methoxy groups -OCH3 is 2. The van der Waals surface area contributed by atoms with Crippen LogP contribution in [0.4, 0.5) is 10.5 Å². The topological polar surface area (TPSA) is 89.5 Å². The molecule has 0 aliphatic carbocycles. The van der Waals surface area contributed by atoms with E-state index >= 15 is 0 Å². The van der Waals surface area contributed by atoms with Gasteiger partial charge >= 0.3 is 6.03 Å². The van der Waals surface area contributed by atoms with Crippen LogP contribution < -0.4 is 20.1 Å². The molecule has 1 aromatic heterocycles. The Kier molecular flexibility index (Phi) is 7.03. The Balaban J connectivity index is 1.40. The zero-order valence-electron chi connectivity index (χ0n) is 19.0. The molecule has 1 heterocycles. The number of aromatic nitrogens is 1. The van der Waals surface area contributed by atoms with Crippen LogP contribution in [-0.2, 0) is 17.6 Å². The molecule has 4 rings (SSSR count). The van der Waals surface area contributed by atoms with E-state index in [0.29, 0.717) is 23.6 Å². The van der Waals surface area contributed by atoms with Gasteiger partial charge in [0.15, 0.2) is 11.5 Å². The number of pyridine rings is 1. The molecule has 0 atom stereocenters. The van der Waals surface area contributed by atoms with Crippen molar-refractivity contribution in [3.05, 3.63) is 95.7 Å². The van der Waals surface area contributed by atoms with Gasteiger partial charge in [0.05, 0.1) is 26.2 Å². The van der Waals surface area contributed by atoms with E-state index in [-0.39, 0.29) is 12.3 Å². The molecule has 34 heavy (non-hydrogen) atoms. The van der Waals surface area contributed by atoms with Crippen LogP contribution in [0.2, 0.25) is 0 Å². The first-order valence-corrected chi connectivity index (χ1v) is 10.8. The van der Waals surface area contributed by atoms with Gasteiger partial charge in [-0.1, -0.05) is 42.5 Å². The fourth-order valence-electron chi connectivity index (χ4n) is 3.72. The number of hydrogen-bond acceptors (Lipinski definition) is 5. The molecule has 172 valence electrons. The lowest BCUT2D eigenvalue weighted by Gasteiger charge is -2.12. The highest BCUT2D eigenvalue weighted by Crippen LogP contribution is 2.33. The minimum Gasteiger partial charge on any atom is -0.493 e. The summed E-state index contributed by atoms with van der Waals surface area (Å²) in [6.45, 7) is 0. The van der Waals surface area contributed by atoms with Crippen molar-refractivity contribution in [3.63, 3.8) is 0 Å². The van der Waals surface area contributed by atoms with Crippen LogP contribution in [0, 0.1) is 0 Å². The van der Waals surface area contributed by atoms with E-state index in [1.165, 1.54) is 0 Å². The second-order valence-corrected chi connectivity index (χ2v) is 7.73. The number of hydrogen-bond donors (Lipinski definition) is 2. The average Bonchev–Trinajstić information content (AvgIpc) is 2.85. The summed E-state index contributed by atoms with van der Waals surface area (Å²) in [4.78, 5) is 28.7. The number of anilines is 1. The van der Waals surface area contributed by atoms with Crippen LogP contribution in [-0.4, -0.2) is 31.1 Å². The largest absolute Gasteiger partial charge is 0.493 e. The summed E-state index contributed by atoms with van der Waals surface area (Å²) in [7, 11) is 3.21. The molecular weight excluding hydrogens is 430 g/mol. The van der Waals surface area contributed by atoms with Crippen molar-refractivity contribution in [2.24, 2.45) is 0 Å². The van der Waals surface area contributed by atoms with Crippen LogP contribution >= 0.6 is 0 Å². The van der Waals surface area contributed by atoms with Crippen molar-refractivity contribution in [1.82, 2.24) is 10.3 Å². The van der Waals surface area contributed by atoms with Crippen molar-refractivity contribution in [2.75, 3.05) is 19.5 Å². The Morgan fingerprint density at radius 1 is 0.853 bits per heavy atom. The highest BCUT2D eigenvalue weighted by molar-refractivity contribution is 6.01. The van der Waals surface area contributed by atoms with E-state index in [2.05, 4.69) is 15.6 Å². The van der Waals surface area contributed by atoms with Crippen molar-refractivity contribution in [3.8, 4) is 11.5 Å². The molecule has 0 bridgehead atoms. The highest BCUT2D eigenvalue weighted by Gasteiger charge is 2.11. The predicted molar refractivity (Wildman–Crippen MR) is 131 cm³/mol. The Morgan fingerprint density at radius 3 is 2.26 bits per heavy atom. The molecule has 0 fully saturated rings. The molecule has 0 saturated heterocycles. The first-order chi connectivity index (χ1) is 16.6. The van der Waals surface area contributed by atoms with Crippen molar-refractivity contribution >= 4 is 28.5 Å². The predicted octanol–water partition coefficient (Wildman–Crippen LogP) is 4.73. The Morgan fingerprint density at radius 2 is 1.56 bits per heavy atom. The molecule has 0 radical (unpaired) electrons. The zero-order valence-corrected chi connectivity index (χ0v) is 19.0. The highest BCUT2D eigenvalue weighted by atomic mass is 16.5. The maximum absolute atomic E-state index is 12.2. The second kappa shape index (κ2) is 10.5.